The van der Waals surface area contributed by atoms with E-state index in [9.17, 15) is 0 Å². The van der Waals surface area contributed by atoms with Crippen LogP contribution < -0.4 is 0 Å². The van der Waals surface area contributed by atoms with Gasteiger partial charge in [0.05, 0.1) is 18.8 Å². The van der Waals surface area contributed by atoms with Crippen LogP contribution in [0.1, 0.15) is 90.9 Å². The van der Waals surface area contributed by atoms with Crippen LogP contribution in [0.25, 0.3) is 0 Å². The Labute approximate surface area is 147 Å². The monoisotopic (exact) mass is 344 g/mol. The first-order chi connectivity index (χ1) is 11.2. The van der Waals surface area contributed by atoms with E-state index in [2.05, 4.69) is 23.1 Å². The SMILES string of the molecule is CCCCCCCCCCCOCC1COC(C)(CCCP)C1. The molecule has 3 heteroatoms. The van der Waals surface area contributed by atoms with Crippen molar-refractivity contribution in [2.45, 2.75) is 96.5 Å². The smallest absolute Gasteiger partial charge is 0.0659 e. The van der Waals surface area contributed by atoms with Gasteiger partial charge in [-0.2, -0.15) is 0 Å². The van der Waals surface area contributed by atoms with Crippen molar-refractivity contribution in [2.75, 3.05) is 26.0 Å². The minimum atomic E-state index is 0.113. The van der Waals surface area contributed by atoms with Crippen LogP contribution in [0, 0.1) is 5.92 Å². The van der Waals surface area contributed by atoms with Gasteiger partial charge in [-0.15, -0.1) is 9.24 Å². The lowest BCUT2D eigenvalue weighted by Crippen LogP contribution is -2.23. The molecular formula is C20H41O2P. The van der Waals surface area contributed by atoms with Crippen LogP contribution in [0.2, 0.25) is 0 Å². The maximum Gasteiger partial charge on any atom is 0.0659 e. The molecule has 1 rings (SSSR count). The van der Waals surface area contributed by atoms with Crippen LogP contribution in [-0.4, -0.2) is 31.6 Å². The molecule has 23 heavy (non-hydrogen) atoms. The molecule has 0 spiro atoms. The molecule has 3 atom stereocenters. The van der Waals surface area contributed by atoms with Crippen LogP contribution in [0.5, 0.6) is 0 Å². The van der Waals surface area contributed by atoms with Gasteiger partial charge in [0.15, 0.2) is 0 Å². The average Bonchev–Trinajstić information content (AvgIpc) is 2.92. The summed E-state index contributed by atoms with van der Waals surface area (Å²) in [6, 6.07) is 0. The Kier molecular flexibility index (Phi) is 12.7. The maximum atomic E-state index is 6.02. The minimum Gasteiger partial charge on any atom is -0.381 e. The number of hydrogen-bond acceptors (Lipinski definition) is 2. The van der Waals surface area contributed by atoms with E-state index in [0.29, 0.717) is 5.92 Å². The Morgan fingerprint density at radius 3 is 2.30 bits per heavy atom. The summed E-state index contributed by atoms with van der Waals surface area (Å²) in [4.78, 5) is 0. The van der Waals surface area contributed by atoms with Crippen molar-refractivity contribution in [1.82, 2.24) is 0 Å². The fourth-order valence-electron chi connectivity index (χ4n) is 3.57. The molecule has 0 aromatic heterocycles. The van der Waals surface area contributed by atoms with E-state index in [0.717, 1.165) is 19.8 Å². The zero-order chi connectivity index (χ0) is 16.8. The van der Waals surface area contributed by atoms with E-state index in [-0.39, 0.29) is 5.60 Å². The van der Waals surface area contributed by atoms with Gasteiger partial charge >= 0.3 is 0 Å². The molecule has 2 nitrogen and oxygen atoms in total. The molecule has 1 heterocycles. The maximum absolute atomic E-state index is 6.02. The summed E-state index contributed by atoms with van der Waals surface area (Å²) in [6.07, 6.45) is 17.2. The van der Waals surface area contributed by atoms with Crippen molar-refractivity contribution >= 4 is 9.24 Å². The summed E-state index contributed by atoms with van der Waals surface area (Å²) in [5, 5.41) is 0. The van der Waals surface area contributed by atoms with Crippen LogP contribution in [0.3, 0.4) is 0 Å². The molecule has 1 aliphatic rings. The second-order valence-electron chi connectivity index (χ2n) is 7.63. The fraction of sp³-hybridized carbons (Fsp3) is 1.00. The predicted octanol–water partition coefficient (Wildman–Crippen LogP) is 5.98. The molecule has 138 valence electrons. The summed E-state index contributed by atoms with van der Waals surface area (Å²) in [5.74, 6) is 0.614. The Hall–Kier alpha value is 0.350. The third-order valence-electron chi connectivity index (χ3n) is 5.04. The highest BCUT2D eigenvalue weighted by Gasteiger charge is 2.35. The number of rotatable bonds is 15. The van der Waals surface area contributed by atoms with Crippen molar-refractivity contribution in [3.05, 3.63) is 0 Å². The fourth-order valence-corrected chi connectivity index (χ4v) is 3.77. The third kappa shape index (κ3) is 10.7. The summed E-state index contributed by atoms with van der Waals surface area (Å²) in [5.41, 5.74) is 0.113. The van der Waals surface area contributed by atoms with Gasteiger partial charge in [-0.05, 0) is 38.8 Å². The molecule has 1 fully saturated rings. The van der Waals surface area contributed by atoms with E-state index < -0.39 is 0 Å². The van der Waals surface area contributed by atoms with Crippen LogP contribution in [0.15, 0.2) is 0 Å². The van der Waals surface area contributed by atoms with Crippen LogP contribution in [-0.2, 0) is 9.47 Å². The van der Waals surface area contributed by atoms with E-state index >= 15 is 0 Å². The molecular weight excluding hydrogens is 303 g/mol. The number of unbranched alkanes of at least 4 members (excludes halogenated alkanes) is 8. The van der Waals surface area contributed by atoms with Gasteiger partial charge < -0.3 is 9.47 Å². The molecule has 1 saturated heterocycles. The molecule has 0 bridgehead atoms. The van der Waals surface area contributed by atoms with Crippen molar-refractivity contribution < 1.29 is 9.47 Å². The number of ether oxygens (including phenoxy) is 2. The lowest BCUT2D eigenvalue weighted by molar-refractivity contribution is 0.00996. The Balaban J connectivity index is 1.86. The highest BCUT2D eigenvalue weighted by molar-refractivity contribution is 7.16. The van der Waals surface area contributed by atoms with Gasteiger partial charge in [-0.25, -0.2) is 0 Å². The standard InChI is InChI=1S/C20H41O2P/c1-3-4-5-6-7-8-9-10-11-14-21-17-19-16-20(2,22-18-19)13-12-15-23/h19H,3-18,23H2,1-2H3. The largest absolute Gasteiger partial charge is 0.381 e. The van der Waals surface area contributed by atoms with Gasteiger partial charge in [-0.3, -0.25) is 0 Å². The molecule has 0 amide bonds. The molecule has 0 saturated carbocycles. The molecule has 0 aromatic carbocycles. The molecule has 3 unspecified atom stereocenters. The Morgan fingerprint density at radius 1 is 1.00 bits per heavy atom. The topological polar surface area (TPSA) is 18.5 Å². The molecule has 1 aliphatic heterocycles. The summed E-state index contributed by atoms with van der Waals surface area (Å²) in [6.45, 7) is 7.28. The quantitative estimate of drug-likeness (QED) is 0.268. The van der Waals surface area contributed by atoms with Crippen molar-refractivity contribution in [2.24, 2.45) is 5.92 Å². The van der Waals surface area contributed by atoms with Crippen LogP contribution in [0.4, 0.5) is 0 Å². The summed E-state index contributed by atoms with van der Waals surface area (Å²) >= 11 is 0. The lowest BCUT2D eigenvalue weighted by Gasteiger charge is -2.22. The van der Waals surface area contributed by atoms with E-state index in [1.54, 1.807) is 0 Å². The summed E-state index contributed by atoms with van der Waals surface area (Å²) < 4.78 is 11.9. The first-order valence-corrected chi connectivity index (χ1v) is 10.9. The first kappa shape index (κ1) is 21.4. The van der Waals surface area contributed by atoms with Gasteiger partial charge in [-0.1, -0.05) is 58.3 Å². The van der Waals surface area contributed by atoms with Gasteiger partial charge in [0, 0.05) is 12.5 Å². The van der Waals surface area contributed by atoms with Crippen molar-refractivity contribution in [3.63, 3.8) is 0 Å². The highest BCUT2D eigenvalue weighted by Crippen LogP contribution is 2.33. The third-order valence-corrected chi connectivity index (χ3v) is 5.45. The Bertz CT molecular complexity index is 272. The minimum absolute atomic E-state index is 0.113. The zero-order valence-corrected chi connectivity index (χ0v) is 16.9. The molecule has 0 radical (unpaired) electrons. The molecule has 0 aromatic rings. The average molecular weight is 345 g/mol. The summed E-state index contributed by atoms with van der Waals surface area (Å²) in [7, 11) is 2.81. The second kappa shape index (κ2) is 13.6. The van der Waals surface area contributed by atoms with Crippen molar-refractivity contribution in [3.8, 4) is 0 Å². The van der Waals surface area contributed by atoms with E-state index in [1.807, 2.05) is 0 Å². The van der Waals surface area contributed by atoms with Crippen LogP contribution >= 0.6 is 9.24 Å². The second-order valence-corrected chi connectivity index (χ2v) is 8.20. The van der Waals surface area contributed by atoms with Gasteiger partial charge in [0.25, 0.3) is 0 Å². The molecule has 0 aliphatic carbocycles. The number of hydrogen-bond donors (Lipinski definition) is 0. The predicted molar refractivity (Wildman–Crippen MR) is 104 cm³/mol. The zero-order valence-electron chi connectivity index (χ0n) is 15.8. The van der Waals surface area contributed by atoms with Crippen molar-refractivity contribution in [1.29, 1.82) is 0 Å². The van der Waals surface area contributed by atoms with E-state index in [1.165, 1.54) is 83.2 Å². The van der Waals surface area contributed by atoms with Gasteiger partial charge in [0.1, 0.15) is 0 Å². The molecule has 0 N–H and O–H groups in total. The Morgan fingerprint density at radius 2 is 1.65 bits per heavy atom. The van der Waals surface area contributed by atoms with E-state index in [4.69, 9.17) is 9.47 Å². The first-order valence-electron chi connectivity index (χ1n) is 10.1. The normalized spacial score (nSPS) is 24.4. The lowest BCUT2D eigenvalue weighted by atomic mass is 9.92. The van der Waals surface area contributed by atoms with Gasteiger partial charge in [0.2, 0.25) is 0 Å². The highest BCUT2D eigenvalue weighted by atomic mass is 31.0.